The summed E-state index contributed by atoms with van der Waals surface area (Å²) in [7, 11) is 4.09. The molecule has 7 rings (SSSR count). The van der Waals surface area contributed by atoms with Crippen LogP contribution in [-0.4, -0.2) is 23.9 Å². The summed E-state index contributed by atoms with van der Waals surface area (Å²) in [6, 6.07) is 37.0. The van der Waals surface area contributed by atoms with Gasteiger partial charge in [-0.2, -0.15) is 37.6 Å². The maximum atomic E-state index is 3.84. The molecule has 1 aliphatic carbocycles. The van der Waals surface area contributed by atoms with E-state index in [0.717, 1.165) is 16.9 Å². The molecular formula is C34H30N4Pt. The predicted octanol–water partition coefficient (Wildman–Crippen LogP) is 6.98. The van der Waals surface area contributed by atoms with E-state index in [4.69, 9.17) is 0 Å². The number of hydrogen-bond acceptors (Lipinski definition) is 4. The van der Waals surface area contributed by atoms with Crippen molar-refractivity contribution in [3.05, 3.63) is 165 Å². The summed E-state index contributed by atoms with van der Waals surface area (Å²) in [5.74, 6) is 0. The zero-order chi connectivity index (χ0) is 25.0. The van der Waals surface area contributed by atoms with Crippen molar-refractivity contribution in [2.75, 3.05) is 23.9 Å². The van der Waals surface area contributed by atoms with Crippen molar-refractivity contribution in [3.63, 3.8) is 0 Å². The summed E-state index contributed by atoms with van der Waals surface area (Å²) in [6.45, 7) is 4.17. The number of benzene rings is 4. The van der Waals surface area contributed by atoms with E-state index in [0.29, 0.717) is 0 Å². The van der Waals surface area contributed by atoms with Crippen LogP contribution in [0.2, 0.25) is 0 Å². The smallest absolute Gasteiger partial charge is 0.510 e. The van der Waals surface area contributed by atoms with Gasteiger partial charge in [-0.1, -0.05) is 60.7 Å². The van der Waals surface area contributed by atoms with Gasteiger partial charge in [-0.15, -0.1) is 11.3 Å². The van der Waals surface area contributed by atoms with Gasteiger partial charge < -0.3 is 27.0 Å². The first-order valence-electron chi connectivity index (χ1n) is 12.5. The van der Waals surface area contributed by atoms with Crippen LogP contribution < -0.4 is 9.80 Å². The molecule has 4 nitrogen and oxygen atoms in total. The second-order valence-corrected chi connectivity index (χ2v) is 9.81. The van der Waals surface area contributed by atoms with E-state index >= 15 is 0 Å². The van der Waals surface area contributed by atoms with Crippen LogP contribution >= 0.6 is 0 Å². The van der Waals surface area contributed by atoms with Crippen molar-refractivity contribution in [2.24, 2.45) is 0 Å². The van der Waals surface area contributed by atoms with Crippen molar-refractivity contribution in [1.29, 1.82) is 0 Å². The minimum atomic E-state index is -0.496. The van der Waals surface area contributed by atoms with E-state index in [1.54, 1.807) is 0 Å². The van der Waals surface area contributed by atoms with Crippen molar-refractivity contribution >= 4 is 11.4 Å². The van der Waals surface area contributed by atoms with Crippen LogP contribution in [0.3, 0.4) is 0 Å². The molecule has 4 aromatic carbocycles. The molecule has 0 unspecified atom stereocenters. The fourth-order valence-corrected chi connectivity index (χ4v) is 5.91. The third kappa shape index (κ3) is 4.19. The van der Waals surface area contributed by atoms with Gasteiger partial charge in [-0.3, -0.25) is 0 Å². The standard InChI is InChI=1S/C33H27N4.CH3.Pt/c1-34-17-19-36(23-34)27-11-7-9-25(21-27)33(26-10-8-12-28(22-26)37-20-18-35(2)24-37)31-15-5-3-13-29(31)30-14-4-6-16-32(30)33;;/h3-21,23-24H,1-2H3;1H3;/q-3;-1;+4. The SMILES string of the molecule is CN1C=CN(c2[c-]c(C3(c4cccc(N5C=CN(C)[CH-]5)c4)c4ccccc4-c4ccccc43)ccc2)[CH-]1.[CH3-].[Pt+4]. The summed E-state index contributed by atoms with van der Waals surface area (Å²) in [4.78, 5) is 8.41. The number of hydrogen-bond donors (Lipinski definition) is 0. The molecule has 0 spiro atoms. The van der Waals surface area contributed by atoms with Crippen molar-refractivity contribution in [1.82, 2.24) is 9.80 Å². The molecule has 2 aliphatic heterocycles. The van der Waals surface area contributed by atoms with Crippen LogP contribution in [0.25, 0.3) is 11.1 Å². The third-order valence-corrected chi connectivity index (χ3v) is 7.53. The van der Waals surface area contributed by atoms with Crippen molar-refractivity contribution in [2.45, 2.75) is 5.41 Å². The molecule has 196 valence electrons. The maximum Gasteiger partial charge on any atom is 4.00 e. The largest absolute Gasteiger partial charge is 4.00 e. The summed E-state index contributed by atoms with van der Waals surface area (Å²) in [5, 5.41) is 0. The average molecular weight is 690 g/mol. The Kier molecular flexibility index (Phi) is 7.18. The Hall–Kier alpha value is -3.75. The fraction of sp³-hybridized carbons (Fsp3) is 0.0882. The van der Waals surface area contributed by atoms with Crippen LogP contribution in [0, 0.1) is 26.8 Å². The zero-order valence-electron chi connectivity index (χ0n) is 22.2. The van der Waals surface area contributed by atoms with Crippen molar-refractivity contribution < 1.29 is 21.1 Å². The first-order valence-corrected chi connectivity index (χ1v) is 12.5. The molecule has 39 heavy (non-hydrogen) atoms. The molecule has 0 aromatic heterocycles. The average Bonchev–Trinajstić information content (AvgIpc) is 3.65. The van der Waals surface area contributed by atoms with E-state index in [1.165, 1.54) is 27.8 Å². The Labute approximate surface area is 246 Å². The number of nitrogens with zero attached hydrogens (tertiary/aromatic N) is 4. The predicted molar refractivity (Wildman–Crippen MR) is 156 cm³/mol. The van der Waals surface area contributed by atoms with Gasteiger partial charge in [-0.05, 0) is 78.8 Å². The monoisotopic (exact) mass is 689 g/mol. The minimum absolute atomic E-state index is 0. The fourth-order valence-electron chi connectivity index (χ4n) is 5.91. The molecule has 5 heteroatoms. The molecule has 0 saturated carbocycles. The first-order chi connectivity index (χ1) is 18.1. The molecule has 0 amide bonds. The summed E-state index contributed by atoms with van der Waals surface area (Å²) in [6.07, 6.45) is 8.29. The Morgan fingerprint density at radius 2 is 1.23 bits per heavy atom. The molecule has 0 radical (unpaired) electrons. The third-order valence-electron chi connectivity index (χ3n) is 7.53. The van der Waals surface area contributed by atoms with Gasteiger partial charge in [0.2, 0.25) is 0 Å². The van der Waals surface area contributed by atoms with Crippen LogP contribution in [0.15, 0.2) is 116 Å². The summed E-state index contributed by atoms with van der Waals surface area (Å²) in [5.41, 5.74) is 9.16. The Bertz CT molecular complexity index is 1440. The summed E-state index contributed by atoms with van der Waals surface area (Å²) < 4.78 is 0. The molecule has 2 heterocycles. The van der Waals surface area contributed by atoms with Gasteiger partial charge in [0, 0.05) is 11.1 Å². The van der Waals surface area contributed by atoms with Crippen molar-refractivity contribution in [3.8, 4) is 11.1 Å². The molecule has 0 N–H and O–H groups in total. The van der Waals surface area contributed by atoms with Gasteiger partial charge in [0.15, 0.2) is 0 Å². The van der Waals surface area contributed by atoms with E-state index < -0.39 is 5.41 Å². The van der Waals surface area contributed by atoms with E-state index in [9.17, 15) is 0 Å². The first kappa shape index (κ1) is 26.8. The molecule has 0 atom stereocenters. The quantitative estimate of drug-likeness (QED) is 0.189. The zero-order valence-corrected chi connectivity index (χ0v) is 24.5. The van der Waals surface area contributed by atoms with Gasteiger partial charge in [0.1, 0.15) is 0 Å². The van der Waals surface area contributed by atoms with Crippen LogP contribution in [0.1, 0.15) is 22.3 Å². The van der Waals surface area contributed by atoms with Gasteiger partial charge in [-0.25, -0.2) is 0 Å². The maximum absolute atomic E-state index is 3.84. The van der Waals surface area contributed by atoms with E-state index in [-0.39, 0.29) is 28.5 Å². The molecular weight excluding hydrogens is 659 g/mol. The molecule has 0 fully saturated rings. The van der Waals surface area contributed by atoms with Gasteiger partial charge in [0.05, 0.1) is 0 Å². The van der Waals surface area contributed by atoms with Crippen LogP contribution in [0.5, 0.6) is 0 Å². The number of fused-ring (bicyclic) bond motifs is 3. The molecule has 3 aliphatic rings. The Morgan fingerprint density at radius 1 is 0.641 bits per heavy atom. The normalized spacial score (nSPS) is 16.2. The second kappa shape index (κ2) is 10.4. The Balaban J connectivity index is 0.00000154. The van der Waals surface area contributed by atoms with Crippen LogP contribution in [0.4, 0.5) is 11.4 Å². The number of anilines is 2. The molecule has 0 bridgehead atoms. The molecule has 0 saturated heterocycles. The van der Waals surface area contributed by atoms with Gasteiger partial charge in [0.25, 0.3) is 0 Å². The van der Waals surface area contributed by atoms with E-state index in [1.807, 2.05) is 14.1 Å². The topological polar surface area (TPSA) is 13.0 Å². The summed E-state index contributed by atoms with van der Waals surface area (Å²) >= 11 is 0. The van der Waals surface area contributed by atoms with Gasteiger partial charge >= 0.3 is 21.1 Å². The second-order valence-electron chi connectivity index (χ2n) is 9.81. The number of rotatable bonds is 4. The molecule has 4 aromatic rings. The minimum Gasteiger partial charge on any atom is -0.510 e. The van der Waals surface area contributed by atoms with E-state index in [2.05, 4.69) is 155 Å². The Morgan fingerprint density at radius 3 is 1.85 bits per heavy atom. The van der Waals surface area contributed by atoms with Crippen LogP contribution in [-0.2, 0) is 26.5 Å².